The number of carbonyl (C=O) groups excluding carboxylic acids is 1. The Morgan fingerprint density at radius 3 is 2.68 bits per heavy atom. The number of hydrogen-bond donors (Lipinski definition) is 0. The van der Waals surface area contributed by atoms with Gasteiger partial charge >= 0.3 is 0 Å². The molecule has 3 rings (SSSR count). The lowest BCUT2D eigenvalue weighted by Gasteiger charge is -2.18. The van der Waals surface area contributed by atoms with Crippen LogP contribution in [0.15, 0.2) is 57.9 Å². The van der Waals surface area contributed by atoms with E-state index in [1.807, 2.05) is 43.4 Å². The molecule has 0 aliphatic carbocycles. The van der Waals surface area contributed by atoms with Crippen LogP contribution in [0.1, 0.15) is 29.9 Å². The first-order valence-electron chi connectivity index (χ1n) is 8.16. The normalized spacial score (nSPS) is 10.9. The standard InChI is InChI=1S/C20H21BrN2OS/c1-14(2)9-10-23-17(11-18-19(23)16(21)13-25-18)20(24)22(3)12-15-7-5-4-6-8-15/h4-9,11,13H,10,12H2,1-3H3. The highest BCUT2D eigenvalue weighted by atomic mass is 79.9. The van der Waals surface area contributed by atoms with E-state index in [0.29, 0.717) is 13.1 Å². The largest absolute Gasteiger partial charge is 0.336 e. The number of hydrogen-bond acceptors (Lipinski definition) is 2. The van der Waals surface area contributed by atoms with Gasteiger partial charge in [-0.25, -0.2) is 0 Å². The van der Waals surface area contributed by atoms with Crippen LogP contribution < -0.4 is 0 Å². The average Bonchev–Trinajstić information content (AvgIpc) is 3.13. The lowest BCUT2D eigenvalue weighted by Crippen LogP contribution is -2.28. The minimum atomic E-state index is 0.0429. The Labute approximate surface area is 160 Å². The molecular formula is C20H21BrN2OS. The van der Waals surface area contributed by atoms with E-state index in [4.69, 9.17) is 0 Å². The summed E-state index contributed by atoms with van der Waals surface area (Å²) < 4.78 is 4.28. The van der Waals surface area contributed by atoms with Crippen LogP contribution in [0.3, 0.4) is 0 Å². The van der Waals surface area contributed by atoms with Crippen LogP contribution in [-0.4, -0.2) is 22.4 Å². The number of thiophene rings is 1. The van der Waals surface area contributed by atoms with E-state index in [1.165, 1.54) is 5.57 Å². The van der Waals surface area contributed by atoms with Crippen molar-refractivity contribution in [3.05, 3.63) is 69.2 Å². The molecule has 1 aromatic carbocycles. The molecule has 3 nitrogen and oxygen atoms in total. The molecule has 0 radical (unpaired) electrons. The number of aromatic nitrogens is 1. The number of amides is 1. The van der Waals surface area contributed by atoms with E-state index in [-0.39, 0.29) is 5.91 Å². The zero-order valence-electron chi connectivity index (χ0n) is 14.6. The zero-order chi connectivity index (χ0) is 18.0. The van der Waals surface area contributed by atoms with Gasteiger partial charge in [-0.15, -0.1) is 11.3 Å². The third-order valence-corrected chi connectivity index (χ3v) is 5.91. The van der Waals surface area contributed by atoms with Crippen LogP contribution >= 0.6 is 27.3 Å². The number of carbonyl (C=O) groups is 1. The lowest BCUT2D eigenvalue weighted by atomic mass is 10.2. The highest BCUT2D eigenvalue weighted by Gasteiger charge is 2.21. The summed E-state index contributed by atoms with van der Waals surface area (Å²) in [5.41, 5.74) is 4.20. The highest BCUT2D eigenvalue weighted by Crippen LogP contribution is 2.33. The minimum absolute atomic E-state index is 0.0429. The molecule has 3 aromatic rings. The minimum Gasteiger partial charge on any atom is -0.336 e. The zero-order valence-corrected chi connectivity index (χ0v) is 17.0. The van der Waals surface area contributed by atoms with Gasteiger partial charge < -0.3 is 9.47 Å². The summed E-state index contributed by atoms with van der Waals surface area (Å²) in [5, 5.41) is 2.08. The number of nitrogens with zero attached hydrogens (tertiary/aromatic N) is 2. The molecule has 0 aliphatic heterocycles. The fraction of sp³-hybridized carbons (Fsp3) is 0.250. The molecule has 0 N–H and O–H groups in total. The van der Waals surface area contributed by atoms with E-state index < -0.39 is 0 Å². The second kappa shape index (κ2) is 7.58. The van der Waals surface area contributed by atoms with Gasteiger partial charge in [-0.1, -0.05) is 42.0 Å². The average molecular weight is 417 g/mol. The molecule has 0 spiro atoms. The van der Waals surface area contributed by atoms with Gasteiger partial charge in [0.25, 0.3) is 5.91 Å². The van der Waals surface area contributed by atoms with Crippen LogP contribution in [0.25, 0.3) is 10.2 Å². The molecule has 0 saturated heterocycles. The quantitative estimate of drug-likeness (QED) is 0.489. The number of allylic oxidation sites excluding steroid dienone is 2. The van der Waals surface area contributed by atoms with Crippen molar-refractivity contribution in [2.45, 2.75) is 26.9 Å². The maximum atomic E-state index is 13.1. The first-order chi connectivity index (χ1) is 12.0. The van der Waals surface area contributed by atoms with Gasteiger partial charge in [-0.3, -0.25) is 4.79 Å². The van der Waals surface area contributed by atoms with Gasteiger partial charge in [0.2, 0.25) is 0 Å². The molecule has 0 fully saturated rings. The van der Waals surface area contributed by atoms with Crippen LogP contribution in [0.2, 0.25) is 0 Å². The van der Waals surface area contributed by atoms with E-state index in [1.54, 1.807) is 16.2 Å². The number of benzene rings is 1. The molecule has 25 heavy (non-hydrogen) atoms. The number of halogens is 1. The fourth-order valence-electron chi connectivity index (χ4n) is 2.80. The van der Waals surface area contributed by atoms with Crippen molar-refractivity contribution in [3.63, 3.8) is 0 Å². The molecule has 130 valence electrons. The lowest BCUT2D eigenvalue weighted by molar-refractivity contribution is 0.0775. The van der Waals surface area contributed by atoms with Gasteiger partial charge in [0.15, 0.2) is 0 Å². The molecule has 0 unspecified atom stereocenters. The van der Waals surface area contributed by atoms with Crippen molar-refractivity contribution in [1.29, 1.82) is 0 Å². The summed E-state index contributed by atoms with van der Waals surface area (Å²) in [6.07, 6.45) is 2.15. The Morgan fingerprint density at radius 1 is 1.28 bits per heavy atom. The highest BCUT2D eigenvalue weighted by molar-refractivity contribution is 9.10. The summed E-state index contributed by atoms with van der Waals surface area (Å²) in [6.45, 7) is 5.45. The van der Waals surface area contributed by atoms with Crippen LogP contribution in [0.4, 0.5) is 0 Å². The third-order valence-electron chi connectivity index (χ3n) is 4.09. The summed E-state index contributed by atoms with van der Waals surface area (Å²) in [6, 6.07) is 12.1. The third kappa shape index (κ3) is 3.88. The maximum absolute atomic E-state index is 13.1. The topological polar surface area (TPSA) is 25.2 Å². The summed E-state index contributed by atoms with van der Waals surface area (Å²) >= 11 is 5.28. The van der Waals surface area contributed by atoms with Crippen molar-refractivity contribution in [2.75, 3.05) is 7.05 Å². The number of rotatable bonds is 5. The monoisotopic (exact) mass is 416 g/mol. The van der Waals surface area contributed by atoms with Crippen molar-refractivity contribution in [1.82, 2.24) is 9.47 Å². The van der Waals surface area contributed by atoms with Gasteiger partial charge in [0.05, 0.1) is 14.7 Å². The second-order valence-corrected chi connectivity index (χ2v) is 8.13. The first kappa shape index (κ1) is 18.0. The van der Waals surface area contributed by atoms with E-state index in [2.05, 4.69) is 45.8 Å². The Morgan fingerprint density at radius 2 is 2.00 bits per heavy atom. The Hall–Kier alpha value is -1.85. The van der Waals surface area contributed by atoms with Crippen molar-refractivity contribution >= 4 is 43.4 Å². The van der Waals surface area contributed by atoms with Crippen LogP contribution in [0.5, 0.6) is 0 Å². The Balaban J connectivity index is 1.95. The van der Waals surface area contributed by atoms with E-state index >= 15 is 0 Å². The molecule has 5 heteroatoms. The molecule has 1 amide bonds. The molecule has 0 atom stereocenters. The fourth-order valence-corrected chi connectivity index (χ4v) is 4.49. The van der Waals surface area contributed by atoms with Gasteiger partial charge in [-0.2, -0.15) is 0 Å². The molecule has 0 bridgehead atoms. The molecular weight excluding hydrogens is 396 g/mol. The summed E-state index contributed by atoms with van der Waals surface area (Å²) in [7, 11) is 1.86. The van der Waals surface area contributed by atoms with Gasteiger partial charge in [-0.05, 0) is 41.4 Å². The SMILES string of the molecule is CC(C)=CCn1c(C(=O)N(C)Cc2ccccc2)cc2scc(Br)c21. The van der Waals surface area contributed by atoms with E-state index in [9.17, 15) is 4.79 Å². The Bertz CT molecular complexity index is 920. The molecule has 2 heterocycles. The van der Waals surface area contributed by atoms with Crippen LogP contribution in [-0.2, 0) is 13.1 Å². The summed E-state index contributed by atoms with van der Waals surface area (Å²) in [5.74, 6) is 0.0429. The van der Waals surface area contributed by atoms with Crippen molar-refractivity contribution < 1.29 is 4.79 Å². The number of fused-ring (bicyclic) bond motifs is 1. The van der Waals surface area contributed by atoms with E-state index in [0.717, 1.165) is 25.9 Å². The predicted molar refractivity (Wildman–Crippen MR) is 109 cm³/mol. The van der Waals surface area contributed by atoms with Gasteiger partial charge in [0, 0.05) is 25.5 Å². The second-order valence-electron chi connectivity index (χ2n) is 6.36. The van der Waals surface area contributed by atoms with Crippen LogP contribution in [0, 0.1) is 0 Å². The molecule has 0 saturated carbocycles. The van der Waals surface area contributed by atoms with Gasteiger partial charge in [0.1, 0.15) is 5.69 Å². The first-order valence-corrected chi connectivity index (χ1v) is 9.83. The van der Waals surface area contributed by atoms with Crippen molar-refractivity contribution in [3.8, 4) is 0 Å². The Kier molecular flexibility index (Phi) is 5.45. The smallest absolute Gasteiger partial charge is 0.270 e. The molecule has 0 aliphatic rings. The summed E-state index contributed by atoms with van der Waals surface area (Å²) in [4.78, 5) is 14.8. The molecule has 2 aromatic heterocycles. The predicted octanol–water partition coefficient (Wildman–Crippen LogP) is 5.70. The van der Waals surface area contributed by atoms with Crippen molar-refractivity contribution in [2.24, 2.45) is 0 Å². The maximum Gasteiger partial charge on any atom is 0.270 e.